The summed E-state index contributed by atoms with van der Waals surface area (Å²) in [4.78, 5) is 9.33. The second-order valence-corrected chi connectivity index (χ2v) is 19.4. The molecule has 218 valence electrons. The first-order valence-electron chi connectivity index (χ1n) is 14.6. The van der Waals surface area contributed by atoms with Gasteiger partial charge in [0.15, 0.2) is 8.32 Å². The van der Waals surface area contributed by atoms with E-state index in [1.165, 1.54) is 11.1 Å². The highest BCUT2D eigenvalue weighted by Crippen LogP contribution is 2.45. The Balaban J connectivity index is 1.39. The van der Waals surface area contributed by atoms with Crippen molar-refractivity contribution in [2.45, 2.75) is 96.1 Å². The first kappa shape index (κ1) is 29.2. The maximum Gasteiger partial charge on any atom is 0.267 e. The second-order valence-electron chi connectivity index (χ2n) is 12.9. The lowest BCUT2D eigenvalue weighted by Gasteiger charge is -2.40. The van der Waals surface area contributed by atoms with E-state index in [-0.39, 0.29) is 41.5 Å². The molecule has 10 heteroatoms. The number of aryl methyl sites for hydroxylation is 1. The molecule has 1 N–H and O–H groups in total. The SMILES string of the molecule is CCOS(=O)(=O)CC[C@@H]1C[C@@H](n2ccc3c(N[C@H]4CCc5ccccc54)ncnc32)C[C@H]1O[Si](C)(C)C(C)(C)C. The van der Waals surface area contributed by atoms with Crippen molar-refractivity contribution in [2.24, 2.45) is 5.92 Å². The fourth-order valence-electron chi connectivity index (χ4n) is 6.08. The van der Waals surface area contributed by atoms with Gasteiger partial charge in [0.05, 0.1) is 23.8 Å². The van der Waals surface area contributed by atoms with Crippen molar-refractivity contribution in [2.75, 3.05) is 17.7 Å². The zero-order valence-corrected chi connectivity index (χ0v) is 26.5. The third-order valence-electron chi connectivity index (χ3n) is 9.24. The molecule has 0 saturated heterocycles. The Bertz CT molecular complexity index is 1450. The molecular formula is C30H44N4O4SSi. The lowest BCUT2D eigenvalue weighted by atomic mass is 10.0. The highest BCUT2D eigenvalue weighted by atomic mass is 32.2. The van der Waals surface area contributed by atoms with Gasteiger partial charge in [-0.1, -0.05) is 45.0 Å². The predicted molar refractivity (Wildman–Crippen MR) is 163 cm³/mol. The molecule has 2 aliphatic carbocycles. The average Bonchev–Trinajstić information content (AvgIpc) is 3.59. The Morgan fingerprint density at radius 1 is 1.12 bits per heavy atom. The van der Waals surface area contributed by atoms with Gasteiger partial charge in [-0.2, -0.15) is 8.42 Å². The predicted octanol–water partition coefficient (Wildman–Crippen LogP) is 6.63. The fraction of sp³-hybridized carbons (Fsp3) is 0.600. The molecule has 3 aromatic rings. The van der Waals surface area contributed by atoms with Crippen molar-refractivity contribution in [3.05, 3.63) is 54.0 Å². The number of aromatic nitrogens is 3. The van der Waals surface area contributed by atoms with Gasteiger partial charge in [0.2, 0.25) is 0 Å². The Kier molecular flexibility index (Phi) is 8.18. The maximum atomic E-state index is 12.4. The number of nitrogens with zero attached hydrogens (tertiary/aromatic N) is 3. The third-order valence-corrected chi connectivity index (χ3v) is 15.1. The maximum absolute atomic E-state index is 12.4. The van der Waals surface area contributed by atoms with Crippen LogP contribution < -0.4 is 5.32 Å². The van der Waals surface area contributed by atoms with Gasteiger partial charge < -0.3 is 14.3 Å². The summed E-state index contributed by atoms with van der Waals surface area (Å²) in [7, 11) is -5.59. The highest BCUT2D eigenvalue weighted by Gasteiger charge is 2.44. The van der Waals surface area contributed by atoms with Crippen LogP contribution in [0.2, 0.25) is 18.1 Å². The van der Waals surface area contributed by atoms with Crippen molar-refractivity contribution in [1.29, 1.82) is 0 Å². The number of hydrogen-bond donors (Lipinski definition) is 1. The van der Waals surface area contributed by atoms with E-state index in [2.05, 4.69) is 85.3 Å². The van der Waals surface area contributed by atoms with Crippen molar-refractivity contribution >= 4 is 35.3 Å². The summed E-state index contributed by atoms with van der Waals surface area (Å²) >= 11 is 0. The van der Waals surface area contributed by atoms with Crippen LogP contribution in [0, 0.1) is 5.92 Å². The van der Waals surface area contributed by atoms with E-state index in [4.69, 9.17) is 13.6 Å². The van der Waals surface area contributed by atoms with Crippen molar-refractivity contribution < 1.29 is 17.0 Å². The number of rotatable bonds is 10. The lowest BCUT2D eigenvalue weighted by Crippen LogP contribution is -2.45. The van der Waals surface area contributed by atoms with Gasteiger partial charge in [0, 0.05) is 18.3 Å². The quantitative estimate of drug-likeness (QED) is 0.211. The van der Waals surface area contributed by atoms with Crippen LogP contribution in [-0.2, 0) is 25.1 Å². The molecule has 5 rings (SSSR count). The lowest BCUT2D eigenvalue weighted by molar-refractivity contribution is 0.137. The van der Waals surface area contributed by atoms with Crippen molar-refractivity contribution in [1.82, 2.24) is 14.5 Å². The Hall–Kier alpha value is -2.27. The van der Waals surface area contributed by atoms with Crippen LogP contribution in [0.1, 0.15) is 76.6 Å². The standard InChI is InChI=1S/C30H44N4O4SSi/c1-7-37-39(35,36)17-15-22-18-23(19-27(22)38-40(5,6)30(2,3)4)34-16-14-25-28(31-20-32-29(25)34)33-26-13-12-21-10-8-9-11-24(21)26/h8-11,14,16,20,22-23,26-27H,7,12-13,15,17-19H2,1-6H3,(H,31,32,33)/t22-,23-,26+,27-/m1/s1. The first-order valence-corrected chi connectivity index (χ1v) is 19.1. The number of benzene rings is 1. The monoisotopic (exact) mass is 584 g/mol. The smallest absolute Gasteiger partial charge is 0.267 e. The molecule has 0 aliphatic heterocycles. The summed E-state index contributed by atoms with van der Waals surface area (Å²) < 4.78 is 39.0. The minimum absolute atomic E-state index is 0.00501. The molecular weight excluding hydrogens is 541 g/mol. The summed E-state index contributed by atoms with van der Waals surface area (Å²) in [5.41, 5.74) is 3.65. The van der Waals surface area contributed by atoms with Crippen molar-refractivity contribution in [3.8, 4) is 0 Å². The number of anilines is 1. The molecule has 0 bridgehead atoms. The topological polar surface area (TPSA) is 95.3 Å². The molecule has 1 fully saturated rings. The number of nitrogens with one attached hydrogen (secondary N) is 1. The summed E-state index contributed by atoms with van der Waals surface area (Å²) in [6.07, 6.45) is 8.07. The molecule has 8 nitrogen and oxygen atoms in total. The minimum atomic E-state index is -3.54. The van der Waals surface area contributed by atoms with Crippen LogP contribution in [0.25, 0.3) is 11.0 Å². The van der Waals surface area contributed by atoms with Crippen LogP contribution in [-0.4, -0.2) is 49.7 Å². The summed E-state index contributed by atoms with van der Waals surface area (Å²) in [5, 5.41) is 4.77. The van der Waals surface area contributed by atoms with E-state index in [9.17, 15) is 8.42 Å². The largest absolute Gasteiger partial charge is 0.414 e. The molecule has 4 atom stereocenters. The van der Waals surface area contributed by atoms with E-state index in [0.717, 1.165) is 42.5 Å². The Morgan fingerprint density at radius 2 is 1.90 bits per heavy atom. The molecule has 1 aromatic carbocycles. The van der Waals surface area contributed by atoms with Crippen LogP contribution in [0.3, 0.4) is 0 Å². The first-order chi connectivity index (χ1) is 18.9. The molecule has 2 heterocycles. The molecule has 0 amide bonds. The van der Waals surface area contributed by atoms with Crippen molar-refractivity contribution in [3.63, 3.8) is 0 Å². The van der Waals surface area contributed by atoms with E-state index >= 15 is 0 Å². The number of hydrogen-bond acceptors (Lipinski definition) is 7. The third kappa shape index (κ3) is 6.00. The highest BCUT2D eigenvalue weighted by molar-refractivity contribution is 7.86. The molecule has 0 unspecified atom stereocenters. The van der Waals surface area contributed by atoms with Crippen LogP contribution in [0.15, 0.2) is 42.9 Å². The second kappa shape index (κ2) is 11.2. The van der Waals surface area contributed by atoms with E-state index < -0.39 is 18.4 Å². The molecule has 2 aromatic heterocycles. The summed E-state index contributed by atoms with van der Waals surface area (Å²) in [6, 6.07) is 11.1. The van der Waals surface area contributed by atoms with Gasteiger partial charge in [0.25, 0.3) is 10.1 Å². The van der Waals surface area contributed by atoms with Gasteiger partial charge >= 0.3 is 0 Å². The van der Waals surface area contributed by atoms with Crippen LogP contribution >= 0.6 is 0 Å². The summed E-state index contributed by atoms with van der Waals surface area (Å²) in [6.45, 7) is 13.1. The van der Waals surface area contributed by atoms with Gasteiger partial charge in [-0.15, -0.1) is 0 Å². The summed E-state index contributed by atoms with van der Waals surface area (Å²) in [5.74, 6) is 0.999. The van der Waals surface area contributed by atoms with E-state index in [0.29, 0.717) is 6.42 Å². The van der Waals surface area contributed by atoms with Crippen LogP contribution in [0.5, 0.6) is 0 Å². The Labute approximate surface area is 240 Å². The molecule has 2 aliphatic rings. The van der Waals surface area contributed by atoms with Crippen LogP contribution in [0.4, 0.5) is 5.82 Å². The van der Waals surface area contributed by atoms with Gasteiger partial charge in [-0.3, -0.25) is 4.18 Å². The zero-order valence-electron chi connectivity index (χ0n) is 24.7. The average molecular weight is 585 g/mol. The molecule has 1 saturated carbocycles. The number of fused-ring (bicyclic) bond motifs is 2. The molecule has 40 heavy (non-hydrogen) atoms. The van der Waals surface area contributed by atoms with Gasteiger partial charge in [-0.05, 0) is 80.3 Å². The Morgan fingerprint density at radius 3 is 2.65 bits per heavy atom. The van der Waals surface area contributed by atoms with E-state index in [1.807, 2.05) is 0 Å². The zero-order chi connectivity index (χ0) is 28.7. The fourth-order valence-corrected chi connectivity index (χ4v) is 8.54. The normalized spacial score (nSPS) is 23.6. The minimum Gasteiger partial charge on any atom is -0.414 e. The molecule has 0 spiro atoms. The van der Waals surface area contributed by atoms with E-state index in [1.54, 1.807) is 13.3 Å². The van der Waals surface area contributed by atoms with Gasteiger partial charge in [0.1, 0.15) is 17.8 Å². The molecule has 0 radical (unpaired) electrons. The van der Waals surface area contributed by atoms with Gasteiger partial charge in [-0.25, -0.2) is 9.97 Å².